The number of hydrogen-bond acceptors (Lipinski definition) is 4. The summed E-state index contributed by atoms with van der Waals surface area (Å²) in [5.74, 6) is -1.09. The number of amides is 3. The van der Waals surface area contributed by atoms with Crippen molar-refractivity contribution in [3.05, 3.63) is 0 Å². The van der Waals surface area contributed by atoms with Crippen LogP contribution < -0.4 is 10.6 Å². The van der Waals surface area contributed by atoms with Gasteiger partial charge in [-0.2, -0.15) is 0 Å². The second kappa shape index (κ2) is 6.18. The number of alkyl halides is 2. The fraction of sp³-hybridized carbons (Fsp3) is 0.750. The van der Waals surface area contributed by atoms with Crippen molar-refractivity contribution in [3.8, 4) is 0 Å². The van der Waals surface area contributed by atoms with Crippen molar-refractivity contribution >= 4 is 41.1 Å². The van der Waals surface area contributed by atoms with Crippen molar-refractivity contribution in [3.63, 3.8) is 0 Å². The van der Waals surface area contributed by atoms with Crippen LogP contribution in [0.25, 0.3) is 0 Å². The number of carbonyl (C=O) groups excluding carboxylic acids is 3. The molecule has 0 aromatic rings. The molecule has 1 aliphatic rings. The third-order valence-corrected chi connectivity index (χ3v) is 4.07. The van der Waals surface area contributed by atoms with Crippen molar-refractivity contribution < 1.29 is 19.1 Å². The van der Waals surface area contributed by atoms with Gasteiger partial charge < -0.3 is 10.1 Å². The van der Waals surface area contributed by atoms with Crippen LogP contribution in [0.2, 0.25) is 0 Å². The summed E-state index contributed by atoms with van der Waals surface area (Å²) in [6.07, 6.45) is 0.276. The lowest BCUT2D eigenvalue weighted by atomic mass is 10.1. The fourth-order valence-corrected chi connectivity index (χ4v) is 2.10. The molecule has 0 bridgehead atoms. The number of nitrogens with one attached hydrogen (secondary N) is 2. The van der Waals surface area contributed by atoms with E-state index in [4.69, 9.17) is 27.9 Å². The molecule has 2 N–H and O–H groups in total. The molecule has 0 aromatic carbocycles. The summed E-state index contributed by atoms with van der Waals surface area (Å²) in [5.41, 5.74) is -0.990. The largest absolute Gasteiger partial charge is 0.455 e. The van der Waals surface area contributed by atoms with Crippen LogP contribution >= 0.6 is 23.2 Å². The predicted octanol–water partition coefficient (Wildman–Crippen LogP) is 1.60. The van der Waals surface area contributed by atoms with Crippen LogP contribution in [-0.2, 0) is 14.3 Å². The van der Waals surface area contributed by atoms with Gasteiger partial charge in [0.2, 0.25) is 0 Å². The zero-order valence-corrected chi connectivity index (χ0v) is 13.1. The summed E-state index contributed by atoms with van der Waals surface area (Å²) in [4.78, 5) is 34.4. The second-order valence-corrected chi connectivity index (χ2v) is 6.93. The van der Waals surface area contributed by atoms with Crippen molar-refractivity contribution in [1.82, 2.24) is 10.6 Å². The molecule has 0 unspecified atom stereocenters. The SMILES string of the molecule is CC(C)CNC(=O)NC(=O)COC(=O)[C@@]1(C)CC1(Cl)Cl. The van der Waals surface area contributed by atoms with Gasteiger partial charge in [0.25, 0.3) is 5.91 Å². The van der Waals surface area contributed by atoms with E-state index >= 15 is 0 Å². The van der Waals surface area contributed by atoms with Gasteiger partial charge in [0, 0.05) is 13.0 Å². The minimum Gasteiger partial charge on any atom is -0.455 e. The van der Waals surface area contributed by atoms with E-state index < -0.39 is 34.3 Å². The summed E-state index contributed by atoms with van der Waals surface area (Å²) in [7, 11) is 0. The quantitative estimate of drug-likeness (QED) is 0.594. The molecule has 1 aliphatic carbocycles. The maximum Gasteiger partial charge on any atom is 0.321 e. The molecule has 1 fully saturated rings. The first kappa shape index (κ1) is 17.0. The van der Waals surface area contributed by atoms with Crippen LogP contribution in [0.1, 0.15) is 27.2 Å². The van der Waals surface area contributed by atoms with Gasteiger partial charge in [0.15, 0.2) is 6.61 Å². The Morgan fingerprint density at radius 2 is 1.85 bits per heavy atom. The lowest BCUT2D eigenvalue weighted by molar-refractivity contribution is -0.153. The topological polar surface area (TPSA) is 84.5 Å². The molecule has 1 rings (SSSR count). The molecular weight excluding hydrogens is 307 g/mol. The van der Waals surface area contributed by atoms with E-state index in [1.807, 2.05) is 13.8 Å². The molecule has 1 saturated carbocycles. The molecule has 0 heterocycles. The van der Waals surface area contributed by atoms with E-state index in [0.29, 0.717) is 6.54 Å². The third-order valence-electron chi connectivity index (χ3n) is 2.97. The monoisotopic (exact) mass is 324 g/mol. The smallest absolute Gasteiger partial charge is 0.321 e. The van der Waals surface area contributed by atoms with Crippen LogP contribution in [0.4, 0.5) is 4.79 Å². The summed E-state index contributed by atoms with van der Waals surface area (Å²) in [5, 5.41) is 4.55. The van der Waals surface area contributed by atoms with Crippen LogP contribution in [0.3, 0.4) is 0 Å². The third kappa shape index (κ3) is 4.24. The molecule has 114 valence electrons. The van der Waals surface area contributed by atoms with Gasteiger partial charge in [0.05, 0.1) is 0 Å². The van der Waals surface area contributed by atoms with E-state index in [9.17, 15) is 14.4 Å². The normalized spacial score (nSPS) is 23.1. The minimum absolute atomic E-state index is 0.268. The Morgan fingerprint density at radius 3 is 2.30 bits per heavy atom. The second-order valence-electron chi connectivity index (χ2n) is 5.44. The Morgan fingerprint density at radius 1 is 1.30 bits per heavy atom. The number of rotatable bonds is 5. The van der Waals surface area contributed by atoms with Gasteiger partial charge in [-0.15, -0.1) is 23.2 Å². The molecule has 0 aromatic heterocycles. The average Bonchev–Trinajstić information content (AvgIpc) is 2.84. The van der Waals surface area contributed by atoms with E-state index in [1.54, 1.807) is 6.92 Å². The van der Waals surface area contributed by atoms with Crippen molar-refractivity contribution in [2.75, 3.05) is 13.2 Å². The number of halogens is 2. The van der Waals surface area contributed by atoms with Crippen LogP contribution in [0, 0.1) is 11.3 Å². The van der Waals surface area contributed by atoms with E-state index in [2.05, 4.69) is 10.6 Å². The highest BCUT2D eigenvalue weighted by atomic mass is 35.5. The van der Waals surface area contributed by atoms with Crippen molar-refractivity contribution in [2.45, 2.75) is 31.5 Å². The molecule has 0 saturated heterocycles. The molecule has 3 amide bonds. The van der Waals surface area contributed by atoms with E-state index in [0.717, 1.165) is 0 Å². The molecule has 1 atom stereocenters. The first-order chi connectivity index (χ1) is 9.08. The minimum atomic E-state index is -1.14. The Kier molecular flexibility index (Phi) is 5.27. The zero-order chi connectivity index (χ0) is 15.6. The zero-order valence-electron chi connectivity index (χ0n) is 11.6. The van der Waals surface area contributed by atoms with Gasteiger partial charge in [-0.05, 0) is 12.8 Å². The first-order valence-corrected chi connectivity index (χ1v) is 6.97. The van der Waals surface area contributed by atoms with E-state index in [1.165, 1.54) is 0 Å². The van der Waals surface area contributed by atoms with Crippen molar-refractivity contribution in [2.24, 2.45) is 11.3 Å². The highest BCUT2D eigenvalue weighted by molar-refractivity contribution is 6.53. The molecule has 0 spiro atoms. The van der Waals surface area contributed by atoms with Gasteiger partial charge in [-0.1, -0.05) is 13.8 Å². The summed E-state index contributed by atoms with van der Waals surface area (Å²) >= 11 is 11.6. The summed E-state index contributed by atoms with van der Waals surface area (Å²) in [6, 6.07) is -0.624. The van der Waals surface area contributed by atoms with Gasteiger partial charge in [-0.25, -0.2) is 4.79 Å². The molecule has 20 heavy (non-hydrogen) atoms. The van der Waals surface area contributed by atoms with Crippen LogP contribution in [-0.4, -0.2) is 35.4 Å². The molecule has 0 aliphatic heterocycles. The number of urea groups is 1. The Bertz CT molecular complexity index is 426. The fourth-order valence-electron chi connectivity index (χ4n) is 1.42. The standard InChI is InChI=1S/C12H18Cl2N2O4/c1-7(2)4-15-10(19)16-8(17)5-20-9(18)11(3)6-12(11,13)14/h7H,4-6H2,1-3H3,(H2,15,16,17,19)/t11-/m1/s1. The highest BCUT2D eigenvalue weighted by Crippen LogP contribution is 2.64. The first-order valence-electron chi connectivity index (χ1n) is 6.21. The maximum absolute atomic E-state index is 11.7. The Hall–Kier alpha value is -1.01. The maximum atomic E-state index is 11.7. The number of hydrogen-bond donors (Lipinski definition) is 2. The Balaban J connectivity index is 2.27. The Labute approximate surface area is 127 Å². The molecule has 8 heteroatoms. The number of ether oxygens (including phenoxy) is 1. The highest BCUT2D eigenvalue weighted by Gasteiger charge is 2.69. The van der Waals surface area contributed by atoms with Gasteiger partial charge in [0.1, 0.15) is 9.75 Å². The van der Waals surface area contributed by atoms with Crippen LogP contribution in [0.15, 0.2) is 0 Å². The summed E-state index contributed by atoms with van der Waals surface area (Å²) in [6.45, 7) is 5.30. The number of esters is 1. The van der Waals surface area contributed by atoms with Crippen molar-refractivity contribution in [1.29, 1.82) is 0 Å². The molecule has 0 radical (unpaired) electrons. The molecular formula is C12H18Cl2N2O4. The van der Waals surface area contributed by atoms with E-state index in [-0.39, 0.29) is 12.3 Å². The number of imide groups is 1. The average molecular weight is 325 g/mol. The predicted molar refractivity (Wildman–Crippen MR) is 74.5 cm³/mol. The van der Waals surface area contributed by atoms with Crippen LogP contribution in [0.5, 0.6) is 0 Å². The van der Waals surface area contributed by atoms with Gasteiger partial charge >= 0.3 is 12.0 Å². The summed E-state index contributed by atoms with van der Waals surface area (Å²) < 4.78 is 3.65. The number of carbonyl (C=O) groups is 3. The lowest BCUT2D eigenvalue weighted by Crippen LogP contribution is -2.42. The van der Waals surface area contributed by atoms with Gasteiger partial charge in [-0.3, -0.25) is 14.9 Å². The lowest BCUT2D eigenvalue weighted by Gasteiger charge is -2.12. The molecule has 6 nitrogen and oxygen atoms in total.